The molecule has 5 aliphatic heterocycles. The predicted octanol–water partition coefficient (Wildman–Crippen LogP) is -11.6. The fourth-order valence-corrected chi connectivity index (χ4v) is 8.34. The van der Waals surface area contributed by atoms with Gasteiger partial charge >= 0.3 is 0 Å². The van der Waals surface area contributed by atoms with E-state index in [0.717, 1.165) is 20.8 Å². The number of ether oxygens (including phenoxy) is 9. The lowest BCUT2D eigenvalue weighted by Crippen LogP contribution is -2.71. The van der Waals surface area contributed by atoms with E-state index in [-0.39, 0.29) is 0 Å². The highest BCUT2D eigenvalue weighted by Gasteiger charge is 2.56. The van der Waals surface area contributed by atoms with Crippen LogP contribution in [0.2, 0.25) is 0 Å². The molecule has 376 valence electrons. The maximum atomic E-state index is 12.4. The molecule has 0 aromatic rings. The average molecular weight is 950 g/mol. The van der Waals surface area contributed by atoms with E-state index in [1.807, 2.05) is 0 Å². The zero-order valence-corrected chi connectivity index (χ0v) is 35.4. The SMILES string of the molecule is CC(=O)N[C@@H]1[C@@H](O)[C@H](O[C@@H]2O[C@H](CO)[C@@H](O[C@@H]3O[C@H](CO)[C@@H](O[C@@H]4O[C@H](CO)[C@@H](O[C@@H]5O[C@H](CO)[C@@H](O)[C@H](O)[C@H]5NC(C)=O)[C@H](O)[C@H]4N)[C@H](O)[C@H]3N)[C@H](O)[C@H]2NC(C)=O)[C@@H](CO)O[C@H]1O. The van der Waals surface area contributed by atoms with Crippen LogP contribution in [0.3, 0.4) is 0 Å². The Hall–Kier alpha value is -2.51. The van der Waals surface area contributed by atoms with Gasteiger partial charge in [0.2, 0.25) is 17.7 Å². The molecule has 0 aromatic heterocycles. The van der Waals surface area contributed by atoms with Crippen LogP contribution in [0, 0.1) is 0 Å². The normalized spacial score (nSPS) is 47.1. The highest BCUT2D eigenvalue weighted by Crippen LogP contribution is 2.35. The van der Waals surface area contributed by atoms with Gasteiger partial charge in [-0.2, -0.15) is 0 Å². The summed E-state index contributed by atoms with van der Waals surface area (Å²) in [7, 11) is 0. The zero-order valence-electron chi connectivity index (χ0n) is 35.4. The van der Waals surface area contributed by atoms with E-state index in [1.54, 1.807) is 0 Å². The summed E-state index contributed by atoms with van der Waals surface area (Å²) in [6, 6.07) is -7.66. The number of carbonyl (C=O) groups is 3. The van der Waals surface area contributed by atoms with Crippen molar-refractivity contribution in [2.75, 3.05) is 33.0 Å². The molecule has 5 rings (SSSR count). The summed E-state index contributed by atoms with van der Waals surface area (Å²) in [4.78, 5) is 36.1. The minimum atomic E-state index is -1.87. The van der Waals surface area contributed by atoms with E-state index in [4.69, 9.17) is 54.1 Å². The van der Waals surface area contributed by atoms with Crippen LogP contribution in [-0.4, -0.2) is 265 Å². The van der Waals surface area contributed by atoms with Crippen LogP contribution in [0.25, 0.3) is 0 Å². The molecule has 0 unspecified atom stereocenters. The van der Waals surface area contributed by atoms with Crippen molar-refractivity contribution < 1.29 is 118 Å². The van der Waals surface area contributed by atoms with Gasteiger partial charge in [-0.05, 0) is 0 Å². The lowest BCUT2D eigenvalue weighted by atomic mass is 9.93. The average Bonchev–Trinajstić information content (AvgIpc) is 3.26. The predicted molar refractivity (Wildman–Crippen MR) is 205 cm³/mol. The van der Waals surface area contributed by atoms with Crippen molar-refractivity contribution in [3.63, 3.8) is 0 Å². The van der Waals surface area contributed by atoms with Gasteiger partial charge < -0.3 is 131 Å². The molecule has 0 bridgehead atoms. The molecule has 0 aliphatic carbocycles. The van der Waals surface area contributed by atoms with Crippen molar-refractivity contribution in [3.8, 4) is 0 Å². The van der Waals surface area contributed by atoms with Gasteiger partial charge in [-0.15, -0.1) is 0 Å². The first-order valence-corrected chi connectivity index (χ1v) is 20.7. The van der Waals surface area contributed by atoms with E-state index in [2.05, 4.69) is 16.0 Å². The van der Waals surface area contributed by atoms with Crippen molar-refractivity contribution >= 4 is 17.7 Å². The molecule has 0 radical (unpaired) electrons. The van der Waals surface area contributed by atoms with Crippen LogP contribution < -0.4 is 27.4 Å². The molecule has 0 aromatic carbocycles. The quantitative estimate of drug-likeness (QED) is 0.0683. The molecule has 25 atom stereocenters. The highest BCUT2D eigenvalue weighted by atomic mass is 16.8. The molecule has 5 saturated heterocycles. The Morgan fingerprint density at radius 1 is 0.415 bits per heavy atom. The minimum absolute atomic E-state index is 0.665. The second-order valence-electron chi connectivity index (χ2n) is 16.3. The molecule has 0 saturated carbocycles. The number of rotatable bonds is 16. The Kier molecular flexibility index (Phi) is 19.1. The van der Waals surface area contributed by atoms with Crippen LogP contribution in [0.1, 0.15) is 20.8 Å². The second kappa shape index (κ2) is 23.2. The summed E-state index contributed by atoms with van der Waals surface area (Å²) < 4.78 is 52.1. The largest absolute Gasteiger partial charge is 0.394 e. The summed E-state index contributed by atoms with van der Waals surface area (Å²) in [5, 5.41) is 135. The van der Waals surface area contributed by atoms with Gasteiger partial charge in [-0.1, -0.05) is 0 Å². The number of carbonyl (C=O) groups excluding carboxylic acids is 3. The van der Waals surface area contributed by atoms with Crippen LogP contribution in [0.4, 0.5) is 0 Å². The molecule has 5 aliphatic rings. The summed E-state index contributed by atoms with van der Waals surface area (Å²) in [6.45, 7) is -0.997. The lowest BCUT2D eigenvalue weighted by molar-refractivity contribution is -0.365. The van der Waals surface area contributed by atoms with Crippen LogP contribution in [0.15, 0.2) is 0 Å². The van der Waals surface area contributed by atoms with Gasteiger partial charge in [-0.25, -0.2) is 0 Å². The van der Waals surface area contributed by atoms with E-state index < -0.39 is 204 Å². The molecule has 0 spiro atoms. The number of aliphatic hydroxyl groups is 12. The van der Waals surface area contributed by atoms with Crippen LogP contribution >= 0.6 is 0 Å². The van der Waals surface area contributed by atoms with Crippen molar-refractivity contribution in [3.05, 3.63) is 0 Å². The van der Waals surface area contributed by atoms with Crippen LogP contribution in [-0.2, 0) is 57.0 Å². The van der Waals surface area contributed by atoms with Gasteiger partial charge in [0.25, 0.3) is 0 Å². The maximum absolute atomic E-state index is 12.4. The maximum Gasteiger partial charge on any atom is 0.217 e. The fraction of sp³-hybridized carbons (Fsp3) is 0.917. The van der Waals surface area contributed by atoms with Gasteiger partial charge in [0.15, 0.2) is 31.5 Å². The monoisotopic (exact) mass is 949 g/mol. The summed E-state index contributed by atoms with van der Waals surface area (Å²) >= 11 is 0. The molecular formula is C36H63N5O24. The highest BCUT2D eigenvalue weighted by molar-refractivity contribution is 5.74. The summed E-state index contributed by atoms with van der Waals surface area (Å²) in [5.74, 6) is -2.07. The van der Waals surface area contributed by atoms with Gasteiger partial charge in [-0.3, -0.25) is 14.4 Å². The summed E-state index contributed by atoms with van der Waals surface area (Å²) in [6.07, 6.45) is -33.0. The minimum Gasteiger partial charge on any atom is -0.394 e. The lowest BCUT2D eigenvalue weighted by Gasteiger charge is -2.50. The van der Waals surface area contributed by atoms with Crippen molar-refractivity contribution in [1.29, 1.82) is 0 Å². The third kappa shape index (κ3) is 11.9. The Morgan fingerprint density at radius 2 is 0.708 bits per heavy atom. The van der Waals surface area contributed by atoms with E-state index in [9.17, 15) is 75.7 Å². The first-order chi connectivity index (χ1) is 30.7. The first-order valence-electron chi connectivity index (χ1n) is 20.7. The van der Waals surface area contributed by atoms with E-state index in [1.165, 1.54) is 0 Å². The van der Waals surface area contributed by atoms with Crippen molar-refractivity contribution in [2.45, 2.75) is 174 Å². The smallest absolute Gasteiger partial charge is 0.217 e. The van der Waals surface area contributed by atoms with Gasteiger partial charge in [0.05, 0.1) is 45.1 Å². The Bertz CT molecular complexity index is 1560. The molecule has 29 nitrogen and oxygen atoms in total. The molecule has 5 fully saturated rings. The van der Waals surface area contributed by atoms with Crippen LogP contribution in [0.5, 0.6) is 0 Å². The third-order valence-corrected chi connectivity index (χ3v) is 11.7. The Labute approximate surface area is 370 Å². The Morgan fingerprint density at radius 3 is 1.09 bits per heavy atom. The van der Waals surface area contributed by atoms with Crippen molar-refractivity contribution in [1.82, 2.24) is 16.0 Å². The third-order valence-electron chi connectivity index (χ3n) is 11.7. The van der Waals surface area contributed by atoms with Gasteiger partial charge in [0, 0.05) is 20.8 Å². The summed E-state index contributed by atoms with van der Waals surface area (Å²) in [5.41, 5.74) is 12.6. The van der Waals surface area contributed by atoms with E-state index >= 15 is 0 Å². The number of hydrogen-bond acceptors (Lipinski definition) is 26. The fourth-order valence-electron chi connectivity index (χ4n) is 8.34. The molecule has 19 N–H and O–H groups in total. The zero-order chi connectivity index (χ0) is 48.2. The number of nitrogens with one attached hydrogen (secondary N) is 3. The molecule has 3 amide bonds. The standard InChI is InChI=1S/C36H63N5O24/c1-9(47)39-19-26(54)30(13(5-43)57-32(19)56)65-36-21(41-11(3)49)27(55)31(16(8-46)61-36)63-34-17(37)23(51)28(14(6-44)59-34)62-33-18(38)24(52)29(15(7-45)60-33)64-35-20(40-10(2)48)25(53)22(50)12(4-42)58-35/h12-36,42-46,50-56H,4-8,37-38H2,1-3H3,(H,39,47)(H,40,48)(H,41,49)/t12-,13-,14-,15-,16-,17-,18-,19-,20-,21-,22-,23-,24-,25-,26-,27-,28-,29-,30-,31-,32-,33+,34+,35+,36+/m1/s1. The van der Waals surface area contributed by atoms with Crippen molar-refractivity contribution in [2.24, 2.45) is 11.5 Å². The molecule has 5 heterocycles. The number of hydrogen-bond donors (Lipinski definition) is 17. The first kappa shape index (κ1) is 53.4. The molecular weight excluding hydrogens is 886 g/mol. The molecule has 29 heteroatoms. The number of aliphatic hydroxyl groups excluding tert-OH is 12. The second-order valence-corrected chi connectivity index (χ2v) is 16.3. The van der Waals surface area contributed by atoms with Gasteiger partial charge in [0.1, 0.15) is 110 Å². The Balaban J connectivity index is 1.29. The number of amides is 3. The number of nitrogens with two attached hydrogens (primary N) is 2. The molecule has 65 heavy (non-hydrogen) atoms. The van der Waals surface area contributed by atoms with E-state index in [0.29, 0.717) is 0 Å². The topological polar surface area (TPSA) is 465 Å².